The third-order valence-corrected chi connectivity index (χ3v) is 10.3. The van der Waals surface area contributed by atoms with Gasteiger partial charge in [0.1, 0.15) is 25.7 Å². The molecule has 2 fully saturated rings. The van der Waals surface area contributed by atoms with Gasteiger partial charge in [0.05, 0.1) is 19.8 Å². The van der Waals surface area contributed by atoms with Crippen molar-refractivity contribution in [3.05, 3.63) is 0 Å². The SMILES string of the molecule is CCC(CC(CC(CC)C(N)=O)C(=O)NCOC1(C)COC2(CO1)COC(C)(OCNC(=O)C(CC(CC)C(N)=O)CC(CC)C(N)=O)OC2)C(N)=O. The zero-order valence-corrected chi connectivity index (χ0v) is 32.1. The average Bonchev–Trinajstić information content (AvgIpc) is 3.10. The summed E-state index contributed by atoms with van der Waals surface area (Å²) < 4.78 is 35.4. The Morgan fingerprint density at radius 1 is 0.528 bits per heavy atom. The van der Waals surface area contributed by atoms with Crippen LogP contribution in [0.1, 0.15) is 92.9 Å². The van der Waals surface area contributed by atoms with Crippen LogP contribution in [0.25, 0.3) is 0 Å². The van der Waals surface area contributed by atoms with Crippen molar-refractivity contribution in [3.8, 4) is 0 Å². The minimum absolute atomic E-state index is 0.0130. The number of carbonyl (C=O) groups excluding carboxylic acids is 6. The first kappa shape index (κ1) is 45.7. The molecule has 18 nitrogen and oxygen atoms in total. The first-order valence-corrected chi connectivity index (χ1v) is 18.4. The van der Waals surface area contributed by atoms with E-state index < -0.39 is 88.3 Å². The molecule has 10 N–H and O–H groups in total. The molecule has 304 valence electrons. The molecule has 53 heavy (non-hydrogen) atoms. The van der Waals surface area contributed by atoms with Crippen LogP contribution in [0.15, 0.2) is 0 Å². The molecule has 6 amide bonds. The molecule has 0 aromatic rings. The van der Waals surface area contributed by atoms with Gasteiger partial charge in [0.15, 0.2) is 5.79 Å². The molecule has 2 rings (SSSR count). The van der Waals surface area contributed by atoms with Gasteiger partial charge in [-0.25, -0.2) is 0 Å². The molecule has 5 atom stereocenters. The second kappa shape index (κ2) is 20.9. The van der Waals surface area contributed by atoms with E-state index in [0.29, 0.717) is 25.7 Å². The van der Waals surface area contributed by atoms with Crippen LogP contribution < -0.4 is 33.6 Å². The Bertz CT molecular complexity index is 1110. The minimum Gasteiger partial charge on any atom is -0.369 e. The lowest BCUT2D eigenvalue weighted by Crippen LogP contribution is -2.63. The van der Waals surface area contributed by atoms with Crippen LogP contribution in [0.4, 0.5) is 0 Å². The summed E-state index contributed by atoms with van der Waals surface area (Å²) in [5, 5.41) is 5.38. The molecule has 0 aromatic carbocycles. The van der Waals surface area contributed by atoms with Crippen LogP contribution in [0.3, 0.4) is 0 Å². The minimum atomic E-state index is -1.54. The van der Waals surface area contributed by atoms with Crippen molar-refractivity contribution < 1.29 is 57.2 Å². The summed E-state index contributed by atoms with van der Waals surface area (Å²) in [4.78, 5) is 73.9. The second-order valence-electron chi connectivity index (χ2n) is 14.4. The summed E-state index contributed by atoms with van der Waals surface area (Å²) in [6.07, 6.45) is 2.44. The largest absolute Gasteiger partial charge is 0.369 e. The Labute approximate surface area is 311 Å². The van der Waals surface area contributed by atoms with Gasteiger partial charge >= 0.3 is 0 Å². The highest BCUT2D eigenvalue weighted by atomic mass is 16.9. The molecule has 18 heteroatoms. The summed E-state index contributed by atoms with van der Waals surface area (Å²) in [5.41, 5.74) is 21.1. The van der Waals surface area contributed by atoms with Gasteiger partial charge in [-0.05, 0) is 58.3 Å². The third-order valence-electron chi connectivity index (χ3n) is 10.3. The fourth-order valence-corrected chi connectivity index (χ4v) is 6.31. The first-order valence-electron chi connectivity index (χ1n) is 18.4. The standard InChI is InChI=1S/C35H62N6O12/c1-7-21(27(36)42)11-25(12-22(8-2)28(37)43)31(46)40-19-52-33(5)15-51-35(16-48-33)17-49-34(6,50-18-35)53-20-41-32(47)26(13-23(9-3)29(38)44)14-24(10-4)30(39)45/h21-26H,7-20H2,1-6H3,(H2,36,42)(H2,37,43)(H2,38,44)(H2,39,45)(H,40,46)(H,41,47). The van der Waals surface area contributed by atoms with E-state index in [4.69, 9.17) is 51.4 Å². The zero-order valence-electron chi connectivity index (χ0n) is 32.1. The van der Waals surface area contributed by atoms with E-state index in [1.165, 1.54) is 6.92 Å². The van der Waals surface area contributed by atoms with Crippen LogP contribution in [0.5, 0.6) is 0 Å². The van der Waals surface area contributed by atoms with Gasteiger partial charge in [0.25, 0.3) is 5.97 Å². The van der Waals surface area contributed by atoms with Crippen molar-refractivity contribution in [1.29, 1.82) is 0 Å². The number of rotatable bonds is 24. The number of hydrogen-bond donors (Lipinski definition) is 6. The summed E-state index contributed by atoms with van der Waals surface area (Å²) in [5.74, 6) is -9.28. The zero-order chi connectivity index (χ0) is 40.0. The fourth-order valence-electron chi connectivity index (χ4n) is 6.31. The Morgan fingerprint density at radius 3 is 1.17 bits per heavy atom. The smallest absolute Gasteiger partial charge is 0.281 e. The van der Waals surface area contributed by atoms with Gasteiger partial charge in [-0.2, -0.15) is 0 Å². The number of carbonyl (C=O) groups is 6. The maximum atomic E-state index is 13.2. The Balaban J connectivity index is 1.89. The highest BCUT2D eigenvalue weighted by Gasteiger charge is 2.50. The van der Waals surface area contributed by atoms with Crippen molar-refractivity contribution in [3.63, 3.8) is 0 Å². The molecule has 0 aliphatic carbocycles. The lowest BCUT2D eigenvalue weighted by Gasteiger charge is -2.48. The number of nitrogens with two attached hydrogens (primary N) is 4. The Morgan fingerprint density at radius 2 is 0.868 bits per heavy atom. The molecule has 0 aromatic heterocycles. The van der Waals surface area contributed by atoms with E-state index in [-0.39, 0.29) is 65.6 Å². The number of amides is 6. The normalized spacial score (nSPS) is 26.4. The molecule has 0 saturated carbocycles. The quantitative estimate of drug-likeness (QED) is 0.0722. The molecule has 5 unspecified atom stereocenters. The maximum absolute atomic E-state index is 13.2. The second-order valence-corrected chi connectivity index (χ2v) is 14.4. The fraction of sp³-hybridized carbons (Fsp3) is 0.829. The molecular formula is C35H62N6O12. The van der Waals surface area contributed by atoms with Gasteiger partial charge < -0.3 is 62.0 Å². The molecular weight excluding hydrogens is 696 g/mol. The van der Waals surface area contributed by atoms with E-state index in [1.54, 1.807) is 34.6 Å². The number of hydrogen-bond acceptors (Lipinski definition) is 12. The molecule has 2 saturated heterocycles. The van der Waals surface area contributed by atoms with Crippen LogP contribution in [-0.4, -0.2) is 92.7 Å². The summed E-state index contributed by atoms with van der Waals surface area (Å²) in [7, 11) is 0. The van der Waals surface area contributed by atoms with Crippen LogP contribution in [0, 0.1) is 35.5 Å². The lowest BCUT2D eigenvalue weighted by molar-refractivity contribution is -0.440. The Hall–Kier alpha value is -3.42. The topological polar surface area (TPSA) is 286 Å². The van der Waals surface area contributed by atoms with Crippen molar-refractivity contribution >= 4 is 35.4 Å². The van der Waals surface area contributed by atoms with E-state index in [1.807, 2.05) is 0 Å². The molecule has 2 heterocycles. The van der Waals surface area contributed by atoms with Crippen molar-refractivity contribution in [1.82, 2.24) is 10.6 Å². The Kier molecular flexibility index (Phi) is 18.0. The van der Waals surface area contributed by atoms with Gasteiger partial charge in [-0.3, -0.25) is 28.8 Å². The summed E-state index contributed by atoms with van der Waals surface area (Å²) in [6.45, 7) is 9.85. The average molecular weight is 759 g/mol. The molecule has 0 radical (unpaired) electrons. The van der Waals surface area contributed by atoms with Crippen molar-refractivity contribution in [2.24, 2.45) is 58.4 Å². The predicted molar refractivity (Wildman–Crippen MR) is 189 cm³/mol. The monoisotopic (exact) mass is 758 g/mol. The van der Waals surface area contributed by atoms with E-state index in [0.717, 1.165) is 0 Å². The van der Waals surface area contributed by atoms with Gasteiger partial charge in [-0.15, -0.1) is 0 Å². The van der Waals surface area contributed by atoms with Crippen molar-refractivity contribution in [2.45, 2.75) is 110 Å². The van der Waals surface area contributed by atoms with E-state index in [2.05, 4.69) is 10.6 Å². The molecule has 2 aliphatic rings. The van der Waals surface area contributed by atoms with Crippen LogP contribution >= 0.6 is 0 Å². The predicted octanol–water partition coefficient (Wildman–Crippen LogP) is 0.228. The van der Waals surface area contributed by atoms with E-state index in [9.17, 15) is 28.8 Å². The maximum Gasteiger partial charge on any atom is 0.281 e. The summed E-state index contributed by atoms with van der Waals surface area (Å²) >= 11 is 0. The third kappa shape index (κ3) is 14.1. The first-order chi connectivity index (χ1) is 24.9. The van der Waals surface area contributed by atoms with Gasteiger partial charge in [-0.1, -0.05) is 27.7 Å². The van der Waals surface area contributed by atoms with E-state index >= 15 is 0 Å². The number of primary amides is 4. The lowest BCUT2D eigenvalue weighted by atomic mass is 9.84. The molecule has 0 bridgehead atoms. The number of ether oxygens (including phenoxy) is 6. The number of nitrogens with one attached hydrogen (secondary N) is 2. The van der Waals surface area contributed by atoms with Gasteiger partial charge in [0.2, 0.25) is 35.4 Å². The van der Waals surface area contributed by atoms with Crippen LogP contribution in [0.2, 0.25) is 0 Å². The highest BCUT2D eigenvalue weighted by molar-refractivity contribution is 5.83. The van der Waals surface area contributed by atoms with Crippen LogP contribution in [-0.2, 0) is 57.2 Å². The summed E-state index contributed by atoms with van der Waals surface area (Å²) in [6, 6.07) is 0. The van der Waals surface area contributed by atoms with Crippen molar-refractivity contribution in [2.75, 3.05) is 39.9 Å². The molecule has 2 aliphatic heterocycles. The molecule has 1 spiro atoms. The van der Waals surface area contributed by atoms with Gasteiger partial charge in [0, 0.05) is 42.4 Å². The highest BCUT2D eigenvalue weighted by Crippen LogP contribution is 2.34.